The largest absolute Gasteiger partial charge is 0.376 e. The molecular weight excluding hydrogens is 210 g/mol. The number of anilines is 1. The van der Waals surface area contributed by atoms with Gasteiger partial charge < -0.3 is 5.32 Å². The summed E-state index contributed by atoms with van der Waals surface area (Å²) in [5.41, 5.74) is 4.04. The first-order chi connectivity index (χ1) is 8.36. The zero-order valence-electron chi connectivity index (χ0n) is 10.1. The van der Waals surface area contributed by atoms with Crippen LogP contribution in [-0.2, 0) is 13.0 Å². The van der Waals surface area contributed by atoms with Crippen molar-refractivity contribution in [2.75, 3.05) is 5.32 Å². The highest BCUT2D eigenvalue weighted by molar-refractivity contribution is 5.45. The molecule has 17 heavy (non-hydrogen) atoms. The minimum Gasteiger partial charge on any atom is -0.376 e. The first kappa shape index (κ1) is 10.4. The van der Waals surface area contributed by atoms with Crippen LogP contribution in [0.3, 0.4) is 0 Å². The van der Waals surface area contributed by atoms with E-state index in [-0.39, 0.29) is 0 Å². The van der Waals surface area contributed by atoms with Crippen LogP contribution in [0.5, 0.6) is 0 Å². The second-order valence-corrected chi connectivity index (χ2v) is 4.52. The van der Waals surface area contributed by atoms with Gasteiger partial charge in [-0.15, -0.1) is 0 Å². The Morgan fingerprint density at radius 3 is 3.12 bits per heavy atom. The lowest BCUT2D eigenvalue weighted by atomic mass is 10.1. The lowest BCUT2D eigenvalue weighted by Crippen LogP contribution is -2.06. The highest BCUT2D eigenvalue weighted by Gasteiger charge is 2.21. The SMILES string of the molecule is CCn1cc(NC2CCc3ccccc32)cn1. The molecule has 1 atom stereocenters. The van der Waals surface area contributed by atoms with Crippen LogP contribution in [0.15, 0.2) is 36.7 Å². The monoisotopic (exact) mass is 227 g/mol. The zero-order valence-corrected chi connectivity index (χ0v) is 10.1. The Morgan fingerprint density at radius 2 is 2.29 bits per heavy atom. The van der Waals surface area contributed by atoms with Crippen molar-refractivity contribution in [3.05, 3.63) is 47.8 Å². The van der Waals surface area contributed by atoms with E-state index in [0.29, 0.717) is 6.04 Å². The van der Waals surface area contributed by atoms with Crippen LogP contribution in [0, 0.1) is 0 Å². The molecule has 1 aliphatic rings. The predicted molar refractivity (Wildman–Crippen MR) is 69.0 cm³/mol. The Bertz CT molecular complexity index is 516. The van der Waals surface area contributed by atoms with E-state index in [1.165, 1.54) is 24.0 Å². The summed E-state index contributed by atoms with van der Waals surface area (Å²) in [6.45, 7) is 3.02. The van der Waals surface area contributed by atoms with E-state index in [1.807, 2.05) is 10.9 Å². The minimum atomic E-state index is 0.445. The molecule has 1 aromatic heterocycles. The molecule has 0 bridgehead atoms. The molecule has 3 nitrogen and oxygen atoms in total. The molecule has 0 spiro atoms. The van der Waals surface area contributed by atoms with Crippen molar-refractivity contribution in [3.8, 4) is 0 Å². The third-order valence-corrected chi connectivity index (χ3v) is 3.43. The van der Waals surface area contributed by atoms with E-state index in [0.717, 1.165) is 12.2 Å². The molecule has 1 aromatic carbocycles. The van der Waals surface area contributed by atoms with Crippen LogP contribution in [0.25, 0.3) is 0 Å². The summed E-state index contributed by atoms with van der Waals surface area (Å²) in [4.78, 5) is 0. The molecule has 3 heteroatoms. The van der Waals surface area contributed by atoms with E-state index in [2.05, 4.69) is 47.8 Å². The second kappa shape index (κ2) is 4.24. The van der Waals surface area contributed by atoms with Gasteiger partial charge in [-0.05, 0) is 30.9 Å². The van der Waals surface area contributed by atoms with E-state index in [1.54, 1.807) is 0 Å². The number of hydrogen-bond donors (Lipinski definition) is 1. The first-order valence-corrected chi connectivity index (χ1v) is 6.23. The van der Waals surface area contributed by atoms with Crippen molar-refractivity contribution in [1.82, 2.24) is 9.78 Å². The third kappa shape index (κ3) is 1.93. The van der Waals surface area contributed by atoms with Crippen molar-refractivity contribution in [1.29, 1.82) is 0 Å². The Balaban J connectivity index is 1.79. The maximum atomic E-state index is 4.29. The van der Waals surface area contributed by atoms with Crippen molar-refractivity contribution >= 4 is 5.69 Å². The lowest BCUT2D eigenvalue weighted by molar-refractivity contribution is 0.659. The number of aromatic nitrogens is 2. The molecule has 0 saturated heterocycles. The average molecular weight is 227 g/mol. The van der Waals surface area contributed by atoms with E-state index in [9.17, 15) is 0 Å². The molecule has 1 aliphatic carbocycles. The molecule has 88 valence electrons. The number of fused-ring (bicyclic) bond motifs is 1. The molecule has 3 rings (SSSR count). The standard InChI is InChI=1S/C14H17N3/c1-2-17-10-12(9-15-17)16-14-8-7-11-5-3-4-6-13(11)14/h3-6,9-10,14,16H,2,7-8H2,1H3. The summed E-state index contributed by atoms with van der Waals surface area (Å²) in [6.07, 6.45) is 6.33. The highest BCUT2D eigenvalue weighted by Crippen LogP contribution is 2.33. The second-order valence-electron chi connectivity index (χ2n) is 4.52. The normalized spacial score (nSPS) is 18.1. The summed E-state index contributed by atoms with van der Waals surface area (Å²) in [5.74, 6) is 0. The summed E-state index contributed by atoms with van der Waals surface area (Å²) < 4.78 is 1.95. The first-order valence-electron chi connectivity index (χ1n) is 6.23. The van der Waals surface area contributed by atoms with Crippen molar-refractivity contribution < 1.29 is 0 Å². The fourth-order valence-corrected chi connectivity index (χ4v) is 2.52. The zero-order chi connectivity index (χ0) is 11.7. The Hall–Kier alpha value is -1.77. The quantitative estimate of drug-likeness (QED) is 0.873. The van der Waals surface area contributed by atoms with Gasteiger partial charge in [-0.2, -0.15) is 5.10 Å². The number of rotatable bonds is 3. The number of hydrogen-bond acceptors (Lipinski definition) is 2. The molecule has 0 saturated carbocycles. The van der Waals surface area contributed by atoms with Crippen molar-refractivity contribution in [2.24, 2.45) is 0 Å². The Kier molecular flexibility index (Phi) is 2.59. The molecule has 1 heterocycles. The molecule has 1 N–H and O–H groups in total. The topological polar surface area (TPSA) is 29.9 Å². The van der Waals surface area contributed by atoms with Gasteiger partial charge in [-0.1, -0.05) is 24.3 Å². The van der Waals surface area contributed by atoms with E-state index in [4.69, 9.17) is 0 Å². The molecule has 0 fully saturated rings. The van der Waals surface area contributed by atoms with Gasteiger partial charge >= 0.3 is 0 Å². The predicted octanol–water partition coefficient (Wildman–Crippen LogP) is 3.00. The molecular formula is C14H17N3. The summed E-state index contributed by atoms with van der Waals surface area (Å²) in [7, 11) is 0. The van der Waals surface area contributed by atoms with Crippen LogP contribution in [0.4, 0.5) is 5.69 Å². The summed E-state index contributed by atoms with van der Waals surface area (Å²) in [6, 6.07) is 9.14. The van der Waals surface area contributed by atoms with Crippen LogP contribution < -0.4 is 5.32 Å². The van der Waals surface area contributed by atoms with Gasteiger partial charge in [0.15, 0.2) is 0 Å². The van der Waals surface area contributed by atoms with E-state index >= 15 is 0 Å². The van der Waals surface area contributed by atoms with Crippen LogP contribution in [0.2, 0.25) is 0 Å². The molecule has 0 aliphatic heterocycles. The lowest BCUT2D eigenvalue weighted by Gasteiger charge is -2.13. The molecule has 1 unspecified atom stereocenters. The van der Waals surface area contributed by atoms with Gasteiger partial charge in [0, 0.05) is 12.7 Å². The number of nitrogens with one attached hydrogen (secondary N) is 1. The fourth-order valence-electron chi connectivity index (χ4n) is 2.52. The highest BCUT2D eigenvalue weighted by atomic mass is 15.3. The van der Waals surface area contributed by atoms with Crippen LogP contribution in [-0.4, -0.2) is 9.78 Å². The van der Waals surface area contributed by atoms with Gasteiger partial charge in [0.1, 0.15) is 0 Å². The van der Waals surface area contributed by atoms with Gasteiger partial charge in [0.2, 0.25) is 0 Å². The van der Waals surface area contributed by atoms with Gasteiger partial charge in [0.25, 0.3) is 0 Å². The van der Waals surface area contributed by atoms with Crippen molar-refractivity contribution in [2.45, 2.75) is 32.4 Å². The molecule has 2 aromatic rings. The Morgan fingerprint density at radius 1 is 1.41 bits per heavy atom. The third-order valence-electron chi connectivity index (χ3n) is 3.43. The van der Waals surface area contributed by atoms with E-state index < -0.39 is 0 Å². The maximum Gasteiger partial charge on any atom is 0.0731 e. The van der Waals surface area contributed by atoms with Crippen molar-refractivity contribution in [3.63, 3.8) is 0 Å². The smallest absolute Gasteiger partial charge is 0.0731 e. The van der Waals surface area contributed by atoms with Gasteiger partial charge in [0.05, 0.1) is 17.9 Å². The van der Waals surface area contributed by atoms with Gasteiger partial charge in [-0.3, -0.25) is 4.68 Å². The number of benzene rings is 1. The maximum absolute atomic E-state index is 4.29. The minimum absolute atomic E-state index is 0.445. The van der Waals surface area contributed by atoms with Crippen LogP contribution >= 0.6 is 0 Å². The summed E-state index contributed by atoms with van der Waals surface area (Å²) >= 11 is 0. The number of aryl methyl sites for hydroxylation is 2. The summed E-state index contributed by atoms with van der Waals surface area (Å²) in [5, 5.41) is 7.86. The fraction of sp³-hybridized carbons (Fsp3) is 0.357. The molecule has 0 amide bonds. The average Bonchev–Trinajstić information content (AvgIpc) is 2.97. The molecule has 0 radical (unpaired) electrons. The van der Waals surface area contributed by atoms with Crippen LogP contribution in [0.1, 0.15) is 30.5 Å². The number of nitrogens with zero attached hydrogens (tertiary/aromatic N) is 2. The Labute approximate surface area is 101 Å². The van der Waals surface area contributed by atoms with Gasteiger partial charge in [-0.25, -0.2) is 0 Å².